The fraction of sp³-hybridized carbons (Fsp3) is 0.250. The Labute approximate surface area is 75.9 Å². The van der Waals surface area contributed by atoms with Crippen molar-refractivity contribution >= 4 is 11.6 Å². The molecule has 0 atom stereocenters. The van der Waals surface area contributed by atoms with Gasteiger partial charge in [-0.15, -0.1) is 0 Å². The fourth-order valence-corrected chi connectivity index (χ4v) is 1.04. The second-order valence-electron chi connectivity index (χ2n) is 2.30. The molecule has 2 N–H and O–H groups in total. The van der Waals surface area contributed by atoms with Gasteiger partial charge in [0, 0.05) is 17.1 Å². The van der Waals surface area contributed by atoms with E-state index in [1.807, 2.05) is 0 Å². The summed E-state index contributed by atoms with van der Waals surface area (Å²) >= 11 is 5.72. The molecule has 0 aliphatic rings. The summed E-state index contributed by atoms with van der Waals surface area (Å²) in [6, 6.07) is 4.87. The molecule has 0 heterocycles. The van der Waals surface area contributed by atoms with Crippen LogP contribution in [-0.2, 0) is 11.4 Å². The highest BCUT2D eigenvalue weighted by Gasteiger charge is 2.00. The summed E-state index contributed by atoms with van der Waals surface area (Å²) in [5.74, 6) is 0.212. The maximum absolute atomic E-state index is 9.31. The highest BCUT2D eigenvalue weighted by molar-refractivity contribution is 6.30. The third kappa shape index (κ3) is 2.37. The van der Waals surface area contributed by atoms with Crippen molar-refractivity contribution in [3.63, 3.8) is 0 Å². The van der Waals surface area contributed by atoms with E-state index < -0.39 is 0 Å². The zero-order valence-corrected chi connectivity index (χ0v) is 7.43. The molecule has 0 amide bonds. The van der Waals surface area contributed by atoms with Crippen LogP contribution < -0.4 is 5.48 Å². The summed E-state index contributed by atoms with van der Waals surface area (Å²) in [5.41, 5.74) is 3.33. The third-order valence-corrected chi connectivity index (χ3v) is 1.68. The minimum Gasteiger partial charge on any atom is -0.508 e. The molecule has 0 fully saturated rings. The van der Waals surface area contributed by atoms with E-state index in [4.69, 9.17) is 11.6 Å². The highest BCUT2D eigenvalue weighted by Crippen LogP contribution is 2.20. The smallest absolute Gasteiger partial charge is 0.120 e. The molecule has 4 heteroatoms. The van der Waals surface area contributed by atoms with Crippen LogP contribution in [0.2, 0.25) is 5.02 Å². The summed E-state index contributed by atoms with van der Waals surface area (Å²) in [4.78, 5) is 4.64. The number of rotatable bonds is 3. The van der Waals surface area contributed by atoms with Gasteiger partial charge in [0.25, 0.3) is 0 Å². The number of halogens is 1. The van der Waals surface area contributed by atoms with E-state index in [0.717, 1.165) is 0 Å². The molecule has 3 nitrogen and oxygen atoms in total. The summed E-state index contributed by atoms with van der Waals surface area (Å²) in [6.07, 6.45) is 0. The lowest BCUT2D eigenvalue weighted by atomic mass is 10.2. The molecule has 66 valence electrons. The van der Waals surface area contributed by atoms with Gasteiger partial charge in [-0.2, -0.15) is 5.48 Å². The van der Waals surface area contributed by atoms with E-state index in [1.165, 1.54) is 7.11 Å². The van der Waals surface area contributed by atoms with Crippen LogP contribution in [0.15, 0.2) is 18.2 Å². The second-order valence-corrected chi connectivity index (χ2v) is 2.73. The second kappa shape index (κ2) is 4.30. The van der Waals surface area contributed by atoms with Crippen molar-refractivity contribution in [1.29, 1.82) is 0 Å². The standard InChI is InChI=1S/C8H10ClNO2/c1-12-10-5-6-4-7(9)2-3-8(6)11/h2-4,10-11H,5H2,1H3. The lowest BCUT2D eigenvalue weighted by Crippen LogP contribution is -2.10. The topological polar surface area (TPSA) is 41.5 Å². The van der Waals surface area contributed by atoms with Crippen molar-refractivity contribution in [2.75, 3.05) is 7.11 Å². The zero-order valence-electron chi connectivity index (χ0n) is 6.67. The Bertz CT molecular complexity index is 265. The number of aromatic hydroxyl groups is 1. The SMILES string of the molecule is CONCc1cc(Cl)ccc1O. The van der Waals surface area contributed by atoms with Gasteiger partial charge < -0.3 is 9.94 Å². The van der Waals surface area contributed by atoms with E-state index in [-0.39, 0.29) is 5.75 Å². The number of hydrogen-bond acceptors (Lipinski definition) is 3. The Morgan fingerprint density at radius 3 is 3.00 bits per heavy atom. The molecular weight excluding hydrogens is 178 g/mol. The van der Waals surface area contributed by atoms with Gasteiger partial charge in [-0.05, 0) is 18.2 Å². The van der Waals surface area contributed by atoms with E-state index >= 15 is 0 Å². The van der Waals surface area contributed by atoms with E-state index in [9.17, 15) is 5.11 Å². The van der Waals surface area contributed by atoms with Crippen molar-refractivity contribution in [3.8, 4) is 5.75 Å². The molecule has 12 heavy (non-hydrogen) atoms. The lowest BCUT2D eigenvalue weighted by molar-refractivity contribution is 0.0861. The molecule has 1 rings (SSSR count). The maximum atomic E-state index is 9.31. The van der Waals surface area contributed by atoms with Crippen molar-refractivity contribution in [1.82, 2.24) is 5.48 Å². The van der Waals surface area contributed by atoms with Crippen molar-refractivity contribution < 1.29 is 9.94 Å². The summed E-state index contributed by atoms with van der Waals surface area (Å²) in [7, 11) is 1.52. The Balaban J connectivity index is 2.75. The first kappa shape index (κ1) is 9.32. The predicted molar refractivity (Wildman–Crippen MR) is 47.0 cm³/mol. The minimum absolute atomic E-state index is 0.212. The average Bonchev–Trinajstić information content (AvgIpc) is 2.07. The summed E-state index contributed by atoms with van der Waals surface area (Å²) in [5, 5.41) is 9.91. The van der Waals surface area contributed by atoms with Gasteiger partial charge in [-0.1, -0.05) is 11.6 Å². The summed E-state index contributed by atoms with van der Waals surface area (Å²) < 4.78 is 0. The molecule has 0 aliphatic carbocycles. The van der Waals surface area contributed by atoms with Crippen LogP contribution >= 0.6 is 11.6 Å². The molecule has 1 aromatic rings. The molecule has 0 saturated carbocycles. The van der Waals surface area contributed by atoms with Crippen LogP contribution in [0.5, 0.6) is 5.75 Å². The Hall–Kier alpha value is -0.770. The molecular formula is C8H10ClNO2. The quantitative estimate of drug-likeness (QED) is 0.708. The molecule has 0 unspecified atom stereocenters. The van der Waals surface area contributed by atoms with Gasteiger partial charge in [0.05, 0.1) is 7.11 Å². The van der Waals surface area contributed by atoms with Gasteiger partial charge in [0.2, 0.25) is 0 Å². The Morgan fingerprint density at radius 2 is 2.33 bits per heavy atom. The number of nitrogens with one attached hydrogen (secondary N) is 1. The Morgan fingerprint density at radius 1 is 1.58 bits per heavy atom. The molecule has 0 aliphatic heterocycles. The van der Waals surface area contributed by atoms with Gasteiger partial charge in [0.1, 0.15) is 5.75 Å². The largest absolute Gasteiger partial charge is 0.508 e. The minimum atomic E-state index is 0.212. The highest BCUT2D eigenvalue weighted by atomic mass is 35.5. The normalized spacial score (nSPS) is 10.2. The fourth-order valence-electron chi connectivity index (χ4n) is 0.846. The van der Waals surface area contributed by atoms with Crippen molar-refractivity contribution in [2.24, 2.45) is 0 Å². The van der Waals surface area contributed by atoms with Crippen LogP contribution in [0.1, 0.15) is 5.56 Å². The lowest BCUT2D eigenvalue weighted by Gasteiger charge is -2.04. The van der Waals surface area contributed by atoms with Crippen LogP contribution in [-0.4, -0.2) is 12.2 Å². The monoisotopic (exact) mass is 187 g/mol. The predicted octanol–water partition coefficient (Wildman–Crippen LogP) is 1.70. The van der Waals surface area contributed by atoms with Gasteiger partial charge in [-0.25, -0.2) is 0 Å². The third-order valence-electron chi connectivity index (χ3n) is 1.45. The van der Waals surface area contributed by atoms with Gasteiger partial charge in [-0.3, -0.25) is 0 Å². The van der Waals surface area contributed by atoms with E-state index in [1.54, 1.807) is 18.2 Å². The number of benzene rings is 1. The van der Waals surface area contributed by atoms with Gasteiger partial charge >= 0.3 is 0 Å². The van der Waals surface area contributed by atoms with E-state index in [0.29, 0.717) is 17.1 Å². The van der Waals surface area contributed by atoms with Crippen LogP contribution in [0.4, 0.5) is 0 Å². The number of phenolic OH excluding ortho intramolecular Hbond substituents is 1. The van der Waals surface area contributed by atoms with E-state index in [2.05, 4.69) is 10.3 Å². The molecule has 1 aromatic carbocycles. The average molecular weight is 188 g/mol. The van der Waals surface area contributed by atoms with Crippen LogP contribution in [0.3, 0.4) is 0 Å². The molecule has 0 aromatic heterocycles. The van der Waals surface area contributed by atoms with Crippen LogP contribution in [0.25, 0.3) is 0 Å². The maximum Gasteiger partial charge on any atom is 0.120 e. The van der Waals surface area contributed by atoms with Crippen molar-refractivity contribution in [2.45, 2.75) is 6.54 Å². The first-order chi connectivity index (χ1) is 5.74. The van der Waals surface area contributed by atoms with Crippen LogP contribution in [0, 0.1) is 0 Å². The first-order valence-electron chi connectivity index (χ1n) is 3.47. The molecule has 0 bridgehead atoms. The molecule has 0 radical (unpaired) electrons. The number of phenols is 1. The number of hydroxylamine groups is 1. The molecule has 0 saturated heterocycles. The van der Waals surface area contributed by atoms with Gasteiger partial charge in [0.15, 0.2) is 0 Å². The molecule has 0 spiro atoms. The zero-order chi connectivity index (χ0) is 8.97. The number of hydrogen-bond donors (Lipinski definition) is 2. The Kier molecular flexibility index (Phi) is 3.34. The summed E-state index contributed by atoms with van der Waals surface area (Å²) in [6.45, 7) is 0.433. The first-order valence-corrected chi connectivity index (χ1v) is 3.85. The van der Waals surface area contributed by atoms with Crippen molar-refractivity contribution in [3.05, 3.63) is 28.8 Å².